The largest absolute Gasteiger partial charge is 0.306 e. The lowest BCUT2D eigenvalue weighted by molar-refractivity contribution is 0.102. The number of fused-ring (bicyclic) bond motifs is 1. The van der Waals surface area contributed by atoms with Crippen LogP contribution in [-0.2, 0) is 5.41 Å². The van der Waals surface area contributed by atoms with Gasteiger partial charge in [-0.2, -0.15) is 9.78 Å². The van der Waals surface area contributed by atoms with Crippen LogP contribution in [0.3, 0.4) is 0 Å². The molecule has 0 radical (unpaired) electrons. The molecule has 0 saturated heterocycles. The molecule has 0 saturated carbocycles. The second kappa shape index (κ2) is 7.28. The number of halogens is 1. The molecule has 0 aliphatic heterocycles. The zero-order valence-electron chi connectivity index (χ0n) is 16.7. The Morgan fingerprint density at radius 2 is 1.83 bits per heavy atom. The summed E-state index contributed by atoms with van der Waals surface area (Å²) >= 11 is 7.46. The molecular weight excluding hydrogens is 404 g/mol. The van der Waals surface area contributed by atoms with Crippen LogP contribution in [0.1, 0.15) is 42.4 Å². The van der Waals surface area contributed by atoms with Gasteiger partial charge in [-0.15, -0.1) is 0 Å². The summed E-state index contributed by atoms with van der Waals surface area (Å²) in [5.41, 5.74) is 3.57. The van der Waals surface area contributed by atoms with Crippen LogP contribution in [0.4, 0.5) is 5.82 Å². The molecule has 2 aromatic carbocycles. The van der Waals surface area contributed by atoms with Crippen LogP contribution >= 0.6 is 22.9 Å². The molecule has 4 aromatic rings. The highest BCUT2D eigenvalue weighted by atomic mass is 35.5. The van der Waals surface area contributed by atoms with Crippen LogP contribution in [0.5, 0.6) is 0 Å². The zero-order chi connectivity index (χ0) is 20.8. The Labute approximate surface area is 178 Å². The lowest BCUT2D eigenvalue weighted by Gasteiger charge is -2.18. The molecule has 148 valence electrons. The van der Waals surface area contributed by atoms with E-state index in [1.54, 1.807) is 40.3 Å². The van der Waals surface area contributed by atoms with Crippen LogP contribution in [0.25, 0.3) is 15.3 Å². The molecule has 7 heteroatoms. The molecule has 5 nitrogen and oxygen atoms in total. The molecule has 0 fully saturated rings. The van der Waals surface area contributed by atoms with Crippen LogP contribution in [0.2, 0.25) is 5.02 Å². The molecule has 4 rings (SSSR count). The average molecular weight is 425 g/mol. The van der Waals surface area contributed by atoms with Gasteiger partial charge in [-0.1, -0.05) is 49.8 Å². The molecule has 0 aliphatic rings. The maximum Gasteiger partial charge on any atom is 0.256 e. The second-order valence-electron chi connectivity index (χ2n) is 7.97. The molecule has 0 bridgehead atoms. The van der Waals surface area contributed by atoms with E-state index in [-0.39, 0.29) is 11.3 Å². The summed E-state index contributed by atoms with van der Waals surface area (Å²) in [6.45, 7) is 8.46. The van der Waals surface area contributed by atoms with Gasteiger partial charge in [0.05, 0.1) is 15.9 Å². The number of rotatable bonds is 3. The van der Waals surface area contributed by atoms with Gasteiger partial charge >= 0.3 is 0 Å². The van der Waals surface area contributed by atoms with Crippen molar-refractivity contribution >= 4 is 44.9 Å². The number of nitrogens with one attached hydrogen (secondary N) is 1. The Hall–Kier alpha value is -2.70. The molecule has 1 N–H and O–H groups in total. The van der Waals surface area contributed by atoms with E-state index in [0.29, 0.717) is 21.5 Å². The van der Waals surface area contributed by atoms with Crippen LogP contribution < -0.4 is 5.32 Å². The van der Waals surface area contributed by atoms with E-state index in [1.165, 1.54) is 5.56 Å². The minimum Gasteiger partial charge on any atom is -0.306 e. The van der Waals surface area contributed by atoms with Crippen molar-refractivity contribution in [3.8, 4) is 5.13 Å². The number of benzene rings is 2. The molecule has 0 unspecified atom stereocenters. The summed E-state index contributed by atoms with van der Waals surface area (Å²) in [5, 5.41) is 8.77. The Morgan fingerprint density at radius 1 is 1.10 bits per heavy atom. The number of amides is 1. The van der Waals surface area contributed by atoms with Gasteiger partial charge in [0.15, 0.2) is 0 Å². The van der Waals surface area contributed by atoms with E-state index < -0.39 is 0 Å². The third-order valence-corrected chi connectivity index (χ3v) is 5.85. The van der Waals surface area contributed by atoms with Gasteiger partial charge < -0.3 is 5.32 Å². The summed E-state index contributed by atoms with van der Waals surface area (Å²) in [4.78, 5) is 17.4. The number of nitrogens with zero attached hydrogens (tertiary/aromatic N) is 3. The predicted octanol–water partition coefficient (Wildman–Crippen LogP) is 5.99. The Kier molecular flexibility index (Phi) is 4.92. The summed E-state index contributed by atoms with van der Waals surface area (Å²) in [5.74, 6) is 0.358. The highest BCUT2D eigenvalue weighted by Gasteiger charge is 2.18. The van der Waals surface area contributed by atoms with E-state index in [4.69, 9.17) is 16.6 Å². The normalized spacial score (nSPS) is 11.8. The van der Waals surface area contributed by atoms with Crippen molar-refractivity contribution in [2.24, 2.45) is 0 Å². The third kappa shape index (κ3) is 4.04. The monoisotopic (exact) mass is 424 g/mol. The number of carbonyl (C=O) groups excluding carboxylic acids is 1. The van der Waals surface area contributed by atoms with Gasteiger partial charge in [0.25, 0.3) is 5.91 Å². The maximum atomic E-state index is 12.6. The first-order valence-electron chi connectivity index (χ1n) is 9.26. The van der Waals surface area contributed by atoms with Gasteiger partial charge in [-0.05, 0) is 54.3 Å². The van der Waals surface area contributed by atoms with Gasteiger partial charge in [0.1, 0.15) is 5.82 Å². The van der Waals surface area contributed by atoms with E-state index >= 15 is 0 Å². The second-order valence-corrected chi connectivity index (χ2v) is 9.42. The van der Waals surface area contributed by atoms with Crippen molar-refractivity contribution in [3.05, 3.63) is 70.4 Å². The number of thiazole rings is 1. The Balaban J connectivity index is 1.69. The third-order valence-electron chi connectivity index (χ3n) is 4.60. The Bertz CT molecular complexity index is 1200. The number of aryl methyl sites for hydroxylation is 1. The number of anilines is 1. The highest BCUT2D eigenvalue weighted by Crippen LogP contribution is 2.31. The number of hydrogen-bond donors (Lipinski definition) is 1. The van der Waals surface area contributed by atoms with Crippen molar-refractivity contribution < 1.29 is 4.79 Å². The summed E-state index contributed by atoms with van der Waals surface area (Å²) in [7, 11) is 0. The lowest BCUT2D eigenvalue weighted by atomic mass is 9.87. The SMILES string of the molecule is Cc1cc(NC(=O)c2ccc(Cl)cc2)n(-c2nc3ccc(C(C)(C)C)cc3s2)n1. The first-order chi connectivity index (χ1) is 13.7. The summed E-state index contributed by atoms with van der Waals surface area (Å²) in [6, 6.07) is 14.9. The molecule has 29 heavy (non-hydrogen) atoms. The fraction of sp³-hybridized carbons (Fsp3) is 0.227. The van der Waals surface area contributed by atoms with E-state index in [9.17, 15) is 4.79 Å². The fourth-order valence-electron chi connectivity index (χ4n) is 2.99. The molecule has 1 amide bonds. The van der Waals surface area contributed by atoms with Crippen LogP contribution in [-0.4, -0.2) is 20.7 Å². The van der Waals surface area contributed by atoms with Gasteiger partial charge in [0, 0.05) is 16.7 Å². The minimum absolute atomic E-state index is 0.0678. The fourth-order valence-corrected chi connectivity index (χ4v) is 4.09. The van der Waals surface area contributed by atoms with E-state index in [2.05, 4.69) is 43.3 Å². The van der Waals surface area contributed by atoms with Crippen molar-refractivity contribution in [1.29, 1.82) is 0 Å². The van der Waals surface area contributed by atoms with Gasteiger partial charge in [-0.3, -0.25) is 4.79 Å². The lowest BCUT2D eigenvalue weighted by Crippen LogP contribution is -2.15. The smallest absolute Gasteiger partial charge is 0.256 e. The number of hydrogen-bond acceptors (Lipinski definition) is 4. The first-order valence-corrected chi connectivity index (χ1v) is 10.5. The van der Waals surface area contributed by atoms with Crippen LogP contribution in [0, 0.1) is 6.92 Å². The molecule has 0 spiro atoms. The molecule has 0 aliphatic carbocycles. The van der Waals surface area contributed by atoms with Crippen molar-refractivity contribution in [1.82, 2.24) is 14.8 Å². The highest BCUT2D eigenvalue weighted by molar-refractivity contribution is 7.20. The molecule has 2 aromatic heterocycles. The quantitative estimate of drug-likeness (QED) is 0.439. The van der Waals surface area contributed by atoms with Crippen molar-refractivity contribution in [2.75, 3.05) is 5.32 Å². The summed E-state index contributed by atoms with van der Waals surface area (Å²) < 4.78 is 2.78. The zero-order valence-corrected chi connectivity index (χ0v) is 18.2. The first kappa shape index (κ1) is 19.6. The average Bonchev–Trinajstić information content (AvgIpc) is 3.23. The van der Waals surface area contributed by atoms with Crippen LogP contribution in [0.15, 0.2) is 48.5 Å². The maximum absolute atomic E-state index is 12.6. The number of carbonyl (C=O) groups is 1. The van der Waals surface area contributed by atoms with Crippen molar-refractivity contribution in [3.63, 3.8) is 0 Å². The minimum atomic E-state index is -0.223. The van der Waals surface area contributed by atoms with E-state index in [1.807, 2.05) is 19.1 Å². The topological polar surface area (TPSA) is 59.8 Å². The van der Waals surface area contributed by atoms with Gasteiger partial charge in [-0.25, -0.2) is 4.98 Å². The summed E-state index contributed by atoms with van der Waals surface area (Å²) in [6.07, 6.45) is 0. The predicted molar refractivity (Wildman–Crippen MR) is 120 cm³/mol. The van der Waals surface area contributed by atoms with Crippen molar-refractivity contribution in [2.45, 2.75) is 33.1 Å². The van der Waals surface area contributed by atoms with E-state index in [0.717, 1.165) is 15.9 Å². The van der Waals surface area contributed by atoms with Gasteiger partial charge in [0.2, 0.25) is 5.13 Å². The Morgan fingerprint density at radius 3 is 2.52 bits per heavy atom. The molecular formula is C22H21ClN4OS. The standard InChI is InChI=1S/C22H21ClN4OS/c1-13-11-19(25-20(28)14-5-8-16(23)9-6-14)27(26-13)21-24-17-10-7-15(22(2,3)4)12-18(17)29-21/h5-12H,1-4H3,(H,25,28). The number of aromatic nitrogens is 3. The molecule has 0 atom stereocenters. The molecule has 2 heterocycles.